The molecule has 0 aliphatic heterocycles. The molecule has 0 heterocycles. The van der Waals surface area contributed by atoms with Crippen LogP contribution in [-0.2, 0) is 17.6 Å². The summed E-state index contributed by atoms with van der Waals surface area (Å²) in [7, 11) is 4.69. The molecule has 2 rings (SSSR count). The van der Waals surface area contributed by atoms with Crippen molar-refractivity contribution in [2.75, 3.05) is 26.6 Å². The molecule has 27 heavy (non-hydrogen) atoms. The van der Waals surface area contributed by atoms with Crippen LogP contribution in [-0.4, -0.2) is 33.1 Å². The average Bonchev–Trinajstić information content (AvgIpc) is 2.68. The molecule has 0 aliphatic rings. The maximum Gasteiger partial charge on any atom is 0.255 e. The molecule has 6 heteroatoms. The van der Waals surface area contributed by atoms with E-state index in [1.54, 1.807) is 44.5 Å². The molecule has 6 nitrogen and oxygen atoms in total. The Hall–Kier alpha value is -3.28. The Kier molecular flexibility index (Phi) is 7.00. The number of carbonyl (C=O) groups excluding carboxylic acids is 2. The van der Waals surface area contributed by atoms with Crippen LogP contribution in [0.25, 0.3) is 0 Å². The molecule has 2 N–H and O–H groups in total. The lowest BCUT2D eigenvalue weighted by Gasteiger charge is -2.14. The van der Waals surface area contributed by atoms with Crippen molar-refractivity contribution in [2.24, 2.45) is 0 Å². The molecule has 0 spiro atoms. The Labute approximate surface area is 159 Å². The second-order valence-corrected chi connectivity index (χ2v) is 5.86. The van der Waals surface area contributed by atoms with Crippen LogP contribution in [0.3, 0.4) is 0 Å². The highest BCUT2D eigenvalue weighted by Gasteiger charge is 2.16. The first-order chi connectivity index (χ1) is 13.0. The van der Waals surface area contributed by atoms with Gasteiger partial charge in [0.15, 0.2) is 11.5 Å². The molecule has 0 atom stereocenters. The van der Waals surface area contributed by atoms with Crippen LogP contribution in [0.5, 0.6) is 11.5 Å². The van der Waals surface area contributed by atoms with Crippen molar-refractivity contribution in [1.29, 1.82) is 0 Å². The summed E-state index contributed by atoms with van der Waals surface area (Å²) < 4.78 is 10.7. The number of anilines is 1. The summed E-state index contributed by atoms with van der Waals surface area (Å²) in [6, 6.07) is 10.5. The van der Waals surface area contributed by atoms with E-state index in [1.165, 1.54) is 7.11 Å². The van der Waals surface area contributed by atoms with Crippen molar-refractivity contribution in [1.82, 2.24) is 5.32 Å². The normalized spacial score (nSPS) is 10.0. The van der Waals surface area contributed by atoms with E-state index in [2.05, 4.69) is 17.2 Å². The van der Waals surface area contributed by atoms with Crippen molar-refractivity contribution >= 4 is 17.5 Å². The summed E-state index contributed by atoms with van der Waals surface area (Å²) in [5.74, 6) is 0.752. The quantitative estimate of drug-likeness (QED) is 0.703. The molecular formula is C21H24N2O4. The number of rotatable bonds is 8. The fourth-order valence-electron chi connectivity index (χ4n) is 2.66. The number of ether oxygens (including phenoxy) is 2. The topological polar surface area (TPSA) is 76.7 Å². The van der Waals surface area contributed by atoms with E-state index in [0.29, 0.717) is 35.6 Å². The van der Waals surface area contributed by atoms with Crippen LogP contribution < -0.4 is 20.1 Å². The lowest BCUT2D eigenvalue weighted by molar-refractivity contribution is -0.119. The Morgan fingerprint density at radius 1 is 1.11 bits per heavy atom. The minimum absolute atomic E-state index is 0.0631. The largest absolute Gasteiger partial charge is 0.493 e. The fourth-order valence-corrected chi connectivity index (χ4v) is 2.66. The third kappa shape index (κ3) is 5.10. The van der Waals surface area contributed by atoms with Crippen molar-refractivity contribution in [3.05, 3.63) is 65.7 Å². The molecule has 0 saturated heterocycles. The number of likely N-dealkylation sites (N-methyl/N-ethyl adjacent to an activating group) is 1. The smallest absolute Gasteiger partial charge is 0.255 e. The molecule has 2 aromatic carbocycles. The van der Waals surface area contributed by atoms with E-state index >= 15 is 0 Å². The van der Waals surface area contributed by atoms with Gasteiger partial charge in [-0.05, 0) is 36.2 Å². The molecule has 0 fully saturated rings. The predicted molar refractivity (Wildman–Crippen MR) is 106 cm³/mol. The third-order valence-electron chi connectivity index (χ3n) is 4.04. The second kappa shape index (κ2) is 9.43. The first kappa shape index (κ1) is 20.0. The van der Waals surface area contributed by atoms with E-state index in [9.17, 15) is 9.59 Å². The maximum absolute atomic E-state index is 12.6. The van der Waals surface area contributed by atoms with E-state index in [0.717, 1.165) is 11.1 Å². The van der Waals surface area contributed by atoms with Gasteiger partial charge >= 0.3 is 0 Å². The Balaban J connectivity index is 2.21. The van der Waals surface area contributed by atoms with Crippen molar-refractivity contribution in [3.63, 3.8) is 0 Å². The van der Waals surface area contributed by atoms with E-state index in [4.69, 9.17) is 9.47 Å². The molecule has 2 amide bonds. The summed E-state index contributed by atoms with van der Waals surface area (Å²) in [6.45, 7) is 3.74. The minimum Gasteiger partial charge on any atom is -0.493 e. The summed E-state index contributed by atoms with van der Waals surface area (Å²) >= 11 is 0. The van der Waals surface area contributed by atoms with Gasteiger partial charge in [-0.1, -0.05) is 18.2 Å². The van der Waals surface area contributed by atoms with Gasteiger partial charge in [0.2, 0.25) is 5.91 Å². The Morgan fingerprint density at radius 3 is 2.37 bits per heavy atom. The van der Waals surface area contributed by atoms with Gasteiger partial charge in [0, 0.05) is 23.9 Å². The molecule has 0 radical (unpaired) electrons. The number of benzene rings is 2. The molecular weight excluding hydrogens is 344 g/mol. The highest BCUT2D eigenvalue weighted by Crippen LogP contribution is 2.33. The van der Waals surface area contributed by atoms with Crippen molar-refractivity contribution in [3.8, 4) is 11.5 Å². The minimum atomic E-state index is -0.264. The summed E-state index contributed by atoms with van der Waals surface area (Å²) in [5.41, 5.74) is 2.78. The van der Waals surface area contributed by atoms with Gasteiger partial charge in [-0.15, -0.1) is 6.58 Å². The lowest BCUT2D eigenvalue weighted by atomic mass is 10.0. The highest BCUT2D eigenvalue weighted by molar-refractivity contribution is 6.05. The SMILES string of the molecule is C=CCc1cc(C(=O)Nc2ccc(CC(=O)NC)cc2)cc(OC)c1OC. The van der Waals surface area contributed by atoms with E-state index in [-0.39, 0.29) is 11.8 Å². The second-order valence-electron chi connectivity index (χ2n) is 5.86. The number of amides is 2. The maximum atomic E-state index is 12.6. The van der Waals surface area contributed by atoms with Gasteiger partial charge in [0.05, 0.1) is 20.6 Å². The highest BCUT2D eigenvalue weighted by atomic mass is 16.5. The summed E-state index contributed by atoms with van der Waals surface area (Å²) in [5, 5.41) is 5.43. The van der Waals surface area contributed by atoms with Crippen LogP contribution in [0.4, 0.5) is 5.69 Å². The zero-order valence-corrected chi connectivity index (χ0v) is 15.8. The predicted octanol–water partition coefficient (Wildman–Crippen LogP) is 2.97. The van der Waals surface area contributed by atoms with Crippen LogP contribution in [0.1, 0.15) is 21.5 Å². The third-order valence-corrected chi connectivity index (χ3v) is 4.04. The molecule has 2 aromatic rings. The van der Waals surface area contributed by atoms with Crippen molar-refractivity contribution < 1.29 is 19.1 Å². The molecule has 0 unspecified atom stereocenters. The zero-order valence-electron chi connectivity index (χ0n) is 15.8. The first-order valence-corrected chi connectivity index (χ1v) is 8.49. The van der Waals surface area contributed by atoms with Crippen LogP contribution in [0.15, 0.2) is 49.1 Å². The van der Waals surface area contributed by atoms with Gasteiger partial charge in [0.25, 0.3) is 5.91 Å². The Bertz CT molecular complexity index is 829. The molecule has 142 valence electrons. The standard InChI is InChI=1S/C21H24N2O4/c1-5-6-15-12-16(13-18(26-3)20(15)27-4)21(25)23-17-9-7-14(8-10-17)11-19(24)22-2/h5,7-10,12-13H,1,6,11H2,2-4H3,(H,22,24)(H,23,25). The van der Waals surface area contributed by atoms with Crippen LogP contribution in [0.2, 0.25) is 0 Å². The molecule has 0 aromatic heterocycles. The van der Waals surface area contributed by atoms with Gasteiger partial charge in [0.1, 0.15) is 0 Å². The lowest BCUT2D eigenvalue weighted by Crippen LogP contribution is -2.19. The van der Waals surface area contributed by atoms with Crippen LogP contribution in [0, 0.1) is 0 Å². The number of hydrogen-bond acceptors (Lipinski definition) is 4. The van der Waals surface area contributed by atoms with Gasteiger partial charge in [-0.2, -0.15) is 0 Å². The molecule has 0 bridgehead atoms. The van der Waals surface area contributed by atoms with Gasteiger partial charge in [-0.25, -0.2) is 0 Å². The fraction of sp³-hybridized carbons (Fsp3) is 0.238. The van der Waals surface area contributed by atoms with E-state index in [1.807, 2.05) is 12.1 Å². The Morgan fingerprint density at radius 2 is 1.81 bits per heavy atom. The van der Waals surface area contributed by atoms with Crippen LogP contribution >= 0.6 is 0 Å². The first-order valence-electron chi connectivity index (χ1n) is 8.49. The van der Waals surface area contributed by atoms with E-state index < -0.39 is 0 Å². The average molecular weight is 368 g/mol. The number of hydrogen-bond donors (Lipinski definition) is 2. The zero-order chi connectivity index (χ0) is 19.8. The molecule has 0 saturated carbocycles. The van der Waals surface area contributed by atoms with Gasteiger partial charge in [-0.3, -0.25) is 9.59 Å². The van der Waals surface area contributed by atoms with Crippen molar-refractivity contribution in [2.45, 2.75) is 12.8 Å². The summed E-state index contributed by atoms with van der Waals surface area (Å²) in [6.07, 6.45) is 2.59. The summed E-state index contributed by atoms with van der Waals surface area (Å²) in [4.78, 5) is 24.1. The molecule has 0 aliphatic carbocycles. The number of nitrogens with one attached hydrogen (secondary N) is 2. The van der Waals surface area contributed by atoms with Gasteiger partial charge < -0.3 is 20.1 Å². The number of carbonyl (C=O) groups is 2. The monoisotopic (exact) mass is 368 g/mol. The number of methoxy groups -OCH3 is 2. The number of allylic oxidation sites excluding steroid dienone is 1.